The van der Waals surface area contributed by atoms with Crippen LogP contribution < -0.4 is 11.1 Å². The molecule has 0 amide bonds. The Hall–Kier alpha value is -6.84. The molecule has 0 spiro atoms. The van der Waals surface area contributed by atoms with Gasteiger partial charge in [-0.15, -0.1) is 13.2 Å². The van der Waals surface area contributed by atoms with E-state index in [1.165, 1.54) is 29.8 Å². The van der Waals surface area contributed by atoms with Gasteiger partial charge in [-0.05, 0) is 197 Å². The molecule has 0 bridgehead atoms. The number of carbonyl (C=O) groups is 4. The Bertz CT molecular complexity index is 3080. The van der Waals surface area contributed by atoms with Gasteiger partial charge in [0.15, 0.2) is 5.58 Å². The van der Waals surface area contributed by atoms with E-state index in [4.69, 9.17) is 28.2 Å². The number of likely N-dealkylation sites (tertiary alicyclic amines) is 3. The summed E-state index contributed by atoms with van der Waals surface area (Å²) in [4.78, 5) is 74.7. The third-order valence-electron chi connectivity index (χ3n) is 16.8. The largest absolute Gasteiger partial charge is 0.466 e. The quantitative estimate of drug-likeness (QED) is 0.0323. The molecule has 490 valence electrons. The highest BCUT2D eigenvalue weighted by molar-refractivity contribution is 9.08. The zero-order valence-corrected chi connectivity index (χ0v) is 54.6. The monoisotopic (exact) mass is 1310 g/mol. The lowest BCUT2D eigenvalue weighted by Gasteiger charge is -2.40. The molecule has 5 aliphatic heterocycles. The second kappa shape index (κ2) is 38.1. The van der Waals surface area contributed by atoms with Crippen LogP contribution in [0.5, 0.6) is 0 Å². The minimum atomic E-state index is -0.613. The molecule has 1 aromatic heterocycles. The topological polar surface area (TPSA) is 195 Å². The number of halogens is 3. The summed E-state index contributed by atoms with van der Waals surface area (Å²) in [6.07, 6.45) is 12.4. The van der Waals surface area contributed by atoms with Crippen LogP contribution in [0.25, 0.3) is 11.1 Å². The number of ether oxygens (including phenoxy) is 4. The van der Waals surface area contributed by atoms with Crippen LogP contribution in [0.2, 0.25) is 0 Å². The van der Waals surface area contributed by atoms with E-state index in [9.17, 15) is 32.8 Å². The number of carbonyl (C=O) groups excluding carboxylic acids is 4. The summed E-state index contributed by atoms with van der Waals surface area (Å²) in [5.74, 6) is -0.940. The number of fused-ring (bicyclic) bond motifs is 1. The maximum absolute atomic E-state index is 13.4. The first-order valence-corrected chi connectivity index (χ1v) is 32.9. The van der Waals surface area contributed by atoms with Gasteiger partial charge in [-0.25, -0.2) is 13.6 Å². The lowest BCUT2D eigenvalue weighted by Crippen LogP contribution is -2.48. The summed E-state index contributed by atoms with van der Waals surface area (Å²) in [6, 6.07) is 28.5. The predicted octanol–water partition coefficient (Wildman–Crippen LogP) is 11.4. The number of H-pyrrole nitrogens is 1. The van der Waals surface area contributed by atoms with E-state index in [1.54, 1.807) is 36.4 Å². The van der Waals surface area contributed by atoms with E-state index in [0.717, 1.165) is 138 Å². The Balaban J connectivity index is 0.000000198. The zero-order valence-electron chi connectivity index (χ0n) is 53.0. The lowest BCUT2D eigenvalue weighted by atomic mass is 9.73. The predicted molar refractivity (Wildman–Crippen MR) is 350 cm³/mol. The molecule has 4 aromatic carbocycles. The summed E-state index contributed by atoms with van der Waals surface area (Å²) >= 11 is 3.26. The first kappa shape index (κ1) is 72.2. The van der Waals surface area contributed by atoms with Crippen molar-refractivity contribution >= 4 is 56.6 Å². The molecule has 5 aliphatic rings. The number of hydrogen-bond donors (Lipinski definition) is 2. The highest BCUT2D eigenvalue weighted by Crippen LogP contribution is 2.39. The number of rotatable bonds is 20. The number of oxazole rings is 1. The number of nitrogens with zero attached hydrogens (tertiary/aromatic N) is 4. The number of oxime groups is 1. The van der Waals surface area contributed by atoms with Crippen LogP contribution in [0.4, 0.5) is 8.78 Å². The average Bonchev–Trinajstić information content (AvgIpc) is 4.06. The number of esters is 4. The highest BCUT2D eigenvalue weighted by Gasteiger charge is 2.44. The van der Waals surface area contributed by atoms with E-state index >= 15 is 0 Å². The van der Waals surface area contributed by atoms with E-state index in [-0.39, 0.29) is 58.9 Å². The fourth-order valence-corrected chi connectivity index (χ4v) is 12.1. The summed E-state index contributed by atoms with van der Waals surface area (Å²) in [7, 11) is 0. The summed E-state index contributed by atoms with van der Waals surface area (Å²) in [5, 5.41) is 8.25. The van der Waals surface area contributed by atoms with Crippen LogP contribution in [0.15, 0.2) is 137 Å². The molecule has 6 heterocycles. The second-order valence-electron chi connectivity index (χ2n) is 23.2. The first-order chi connectivity index (χ1) is 43.6. The van der Waals surface area contributed by atoms with Gasteiger partial charge < -0.3 is 33.5 Å². The molecular weight excluding hydrogens is 1220 g/mol. The van der Waals surface area contributed by atoms with Gasteiger partial charge in [-0.1, -0.05) is 93.9 Å². The Labute approximate surface area is 538 Å². The van der Waals surface area contributed by atoms with Crippen LogP contribution in [-0.2, 0) is 61.1 Å². The van der Waals surface area contributed by atoms with Crippen molar-refractivity contribution in [1.82, 2.24) is 25.0 Å². The lowest BCUT2D eigenvalue weighted by molar-refractivity contribution is -0.159. The van der Waals surface area contributed by atoms with Crippen molar-refractivity contribution in [3.8, 4) is 0 Å². The number of aromatic amines is 1. The Morgan fingerprint density at radius 3 is 1.61 bits per heavy atom. The molecule has 0 radical (unpaired) electrons. The fraction of sp³-hybridized carbons (Fsp3) is 0.514. The molecule has 5 aromatic rings. The molecular formula is C70H93BrF2N6O11. The number of benzene rings is 4. The molecule has 4 saturated heterocycles. The number of aromatic nitrogens is 1. The van der Waals surface area contributed by atoms with Crippen LogP contribution in [0.1, 0.15) is 108 Å². The third-order valence-corrected chi connectivity index (χ3v) is 17.5. The number of piperidine rings is 4. The maximum Gasteiger partial charge on any atom is 0.417 e. The van der Waals surface area contributed by atoms with Crippen molar-refractivity contribution in [3.63, 3.8) is 0 Å². The van der Waals surface area contributed by atoms with Gasteiger partial charge in [0.1, 0.15) is 17.7 Å². The first-order valence-electron chi connectivity index (χ1n) is 31.8. The van der Waals surface area contributed by atoms with Gasteiger partial charge in [-0.2, -0.15) is 0 Å². The number of nitrogens with one attached hydrogen (secondary N) is 2. The van der Waals surface area contributed by atoms with Gasteiger partial charge in [-0.3, -0.25) is 38.9 Å². The van der Waals surface area contributed by atoms with Crippen molar-refractivity contribution in [3.05, 3.63) is 167 Å². The summed E-state index contributed by atoms with van der Waals surface area (Å²) in [6.45, 7) is 26.4. The Morgan fingerprint density at radius 1 is 0.633 bits per heavy atom. The molecule has 1 atom stereocenters. The summed E-state index contributed by atoms with van der Waals surface area (Å²) < 4.78 is 51.4. The Kier molecular flexibility index (Phi) is 30.6. The molecule has 0 saturated carbocycles. The van der Waals surface area contributed by atoms with Gasteiger partial charge in [0.05, 0.1) is 60.3 Å². The van der Waals surface area contributed by atoms with E-state index < -0.39 is 11.2 Å². The van der Waals surface area contributed by atoms with Gasteiger partial charge in [0.25, 0.3) is 0 Å². The third kappa shape index (κ3) is 22.8. The molecule has 90 heavy (non-hydrogen) atoms. The number of hydrogen-bond acceptors (Lipinski definition) is 16. The molecule has 1 unspecified atom stereocenters. The van der Waals surface area contributed by atoms with Gasteiger partial charge in [0.2, 0.25) is 0 Å². The SMILES string of the molecule is C=CCN1CCC(C(=O)OCC)CC1.C=CCN1CCC(Cc2ccccc2)(C(=O)OCC)CC1.CCOC(=O)C1(Cc2ccc(F)cc2)CCN(CC2CC(c3ccc4[nH]c(=O)oc4c3)=NO2)CC1.CCOC(=O)C1CCNCC1.Fc1ccc(CBr)cc1. The van der Waals surface area contributed by atoms with Crippen LogP contribution >= 0.6 is 15.9 Å². The van der Waals surface area contributed by atoms with Crippen molar-refractivity contribution in [2.75, 3.05) is 98.4 Å². The fourth-order valence-electron chi connectivity index (χ4n) is 11.8. The maximum atomic E-state index is 13.4. The zero-order chi connectivity index (χ0) is 64.7. The van der Waals surface area contributed by atoms with Crippen molar-refractivity contribution < 1.29 is 56.2 Å². The summed E-state index contributed by atoms with van der Waals surface area (Å²) in [5.41, 5.74) is 5.07. The van der Waals surface area contributed by atoms with Crippen molar-refractivity contribution in [1.29, 1.82) is 0 Å². The smallest absolute Gasteiger partial charge is 0.417 e. The molecule has 17 nitrogen and oxygen atoms in total. The van der Waals surface area contributed by atoms with Crippen LogP contribution in [-0.4, -0.2) is 154 Å². The molecule has 2 N–H and O–H groups in total. The van der Waals surface area contributed by atoms with Crippen molar-refractivity contribution in [2.24, 2.45) is 27.8 Å². The highest BCUT2D eigenvalue weighted by atomic mass is 79.9. The minimum Gasteiger partial charge on any atom is -0.466 e. The average molecular weight is 1310 g/mol. The molecule has 20 heteroatoms. The van der Waals surface area contributed by atoms with Crippen LogP contribution in [0, 0.1) is 34.3 Å². The normalized spacial score (nSPS) is 18.3. The molecule has 4 fully saturated rings. The Morgan fingerprint density at radius 2 is 1.11 bits per heavy atom. The van der Waals surface area contributed by atoms with Crippen molar-refractivity contribution in [2.45, 2.75) is 110 Å². The van der Waals surface area contributed by atoms with Gasteiger partial charge >= 0.3 is 29.6 Å². The minimum absolute atomic E-state index is 0.0194. The van der Waals surface area contributed by atoms with E-state index in [0.29, 0.717) is 69.8 Å². The van der Waals surface area contributed by atoms with E-state index in [1.807, 2.05) is 64.1 Å². The van der Waals surface area contributed by atoms with Crippen LogP contribution in [0.3, 0.4) is 0 Å². The second-order valence-corrected chi connectivity index (χ2v) is 23.8. The van der Waals surface area contributed by atoms with Gasteiger partial charge in [0, 0.05) is 36.9 Å². The standard InChI is InChI=1S/C26H28FN3O5.C18H25NO2.C11H19NO2.C8H15NO2.C7H6BrF/c1-2-33-24(31)26(15-17-3-6-19(27)7-4-17)9-11-30(12-10-26)16-20-14-22(29-35-20)18-5-8-21-23(13-18)34-25(32)28-21;1-3-12-19-13-10-18(11-14-19,17(20)21-4-2)15-16-8-6-5-7-9-16;1-3-7-12-8-5-10(6-9-12)11(13)14-4-2;1-2-11-8(10)7-3-5-9-6-4-7;8-5-6-1-3-7(9)4-2-6/h3-8,13,20H,2,9-12,14-16H2,1H3,(H,28,32);3,5-9H,1,4,10-15H2,2H3;3,10H,1,4-9H2,2H3;7,9H,2-6H2,1H3;1-4H,5H2. The number of alkyl halides is 1. The molecule has 10 rings (SSSR count). The molecule has 0 aliphatic carbocycles. The van der Waals surface area contributed by atoms with E-state index in [2.05, 4.69) is 71.4 Å².